The number of carboxylic acids is 1. The highest BCUT2D eigenvalue weighted by atomic mass is 19.1. The summed E-state index contributed by atoms with van der Waals surface area (Å²) in [6.45, 7) is 1.31. The molecule has 2 aromatic carbocycles. The lowest BCUT2D eigenvalue weighted by Crippen LogP contribution is -2.41. The summed E-state index contributed by atoms with van der Waals surface area (Å²) in [5.41, 5.74) is 5.50. The maximum absolute atomic E-state index is 13.8. The zero-order valence-corrected chi connectivity index (χ0v) is 31.5. The molecule has 4 amide bonds. The van der Waals surface area contributed by atoms with E-state index >= 15 is 0 Å². The number of amides is 4. The number of anilines is 2. The number of nitrogens with zero attached hydrogens (tertiary/aromatic N) is 4. The number of nitrogens with one attached hydrogen (secondary N) is 6. The quantitative estimate of drug-likeness (QED) is 0.0269. The molecule has 0 aliphatic rings. The smallest absolute Gasteiger partial charge is 0.326 e. The normalized spacial score (nSPS) is 11.3. The molecular formula is C36H42FN11O11. The largest absolute Gasteiger partial charge is 0.480 e. The number of hydrogen-bond donors (Lipinski definition) is 8. The van der Waals surface area contributed by atoms with E-state index in [0.717, 1.165) is 18.2 Å². The fourth-order valence-corrected chi connectivity index (χ4v) is 5.11. The molecule has 0 spiro atoms. The summed E-state index contributed by atoms with van der Waals surface area (Å²) in [6, 6.07) is 7.49. The Labute approximate surface area is 334 Å². The van der Waals surface area contributed by atoms with Crippen molar-refractivity contribution >= 4 is 58.1 Å². The molecule has 4 rings (SSSR count). The zero-order valence-electron chi connectivity index (χ0n) is 31.5. The number of aromatic amines is 1. The Kier molecular flexibility index (Phi) is 17.0. The molecule has 0 aliphatic carbocycles. The lowest BCUT2D eigenvalue weighted by Gasteiger charge is -2.15. The third-order valence-electron chi connectivity index (χ3n) is 8.13. The fraction of sp³-hybridized carbons (Fsp3) is 0.361. The number of fused-ring (bicyclic) bond motifs is 1. The van der Waals surface area contributed by atoms with Gasteiger partial charge < -0.3 is 46.9 Å². The van der Waals surface area contributed by atoms with Crippen molar-refractivity contribution in [3.05, 3.63) is 91.8 Å². The highest BCUT2D eigenvalue weighted by molar-refractivity contribution is 5.97. The first-order valence-electron chi connectivity index (χ1n) is 18.1. The van der Waals surface area contributed by atoms with E-state index in [2.05, 4.69) is 46.5 Å². The maximum atomic E-state index is 13.8. The average Bonchev–Trinajstić information content (AvgIpc) is 3.20. The van der Waals surface area contributed by atoms with Gasteiger partial charge in [-0.2, -0.15) is 4.98 Å². The molecule has 1 unspecified atom stereocenters. The van der Waals surface area contributed by atoms with Crippen molar-refractivity contribution in [3.63, 3.8) is 0 Å². The van der Waals surface area contributed by atoms with E-state index in [1.165, 1.54) is 18.3 Å². The van der Waals surface area contributed by atoms with E-state index in [-0.39, 0.29) is 87.2 Å². The van der Waals surface area contributed by atoms with Gasteiger partial charge in [0.25, 0.3) is 23.1 Å². The Morgan fingerprint density at radius 3 is 2.32 bits per heavy atom. The fourth-order valence-electron chi connectivity index (χ4n) is 5.11. The predicted molar refractivity (Wildman–Crippen MR) is 207 cm³/mol. The van der Waals surface area contributed by atoms with Crippen LogP contribution in [-0.4, -0.2) is 112 Å². The number of carboxylic acid groups (broad SMARTS) is 1. The number of aromatic nitrogens is 4. The second kappa shape index (κ2) is 22.6. The third kappa shape index (κ3) is 14.7. The lowest BCUT2D eigenvalue weighted by atomic mass is 10.1. The van der Waals surface area contributed by atoms with Crippen LogP contribution in [-0.2, 0) is 30.4 Å². The summed E-state index contributed by atoms with van der Waals surface area (Å²) < 4.78 is 24.7. The molecule has 0 fully saturated rings. The van der Waals surface area contributed by atoms with Gasteiger partial charge in [0.15, 0.2) is 11.2 Å². The number of ether oxygens (including phenoxy) is 2. The Bertz CT molecular complexity index is 2190. The molecule has 23 heteroatoms. The van der Waals surface area contributed by atoms with Crippen LogP contribution in [0.25, 0.3) is 11.2 Å². The molecule has 0 bridgehead atoms. The Hall–Kier alpha value is -7.14. The topological polar surface area (TPSA) is 325 Å². The number of nitro groups is 1. The molecule has 0 saturated carbocycles. The van der Waals surface area contributed by atoms with E-state index in [4.69, 9.17) is 15.2 Å². The van der Waals surface area contributed by atoms with Crippen LogP contribution in [0, 0.1) is 15.9 Å². The van der Waals surface area contributed by atoms with Crippen LogP contribution in [0.3, 0.4) is 0 Å². The van der Waals surface area contributed by atoms with E-state index in [9.17, 15) is 48.4 Å². The van der Waals surface area contributed by atoms with Crippen molar-refractivity contribution in [1.29, 1.82) is 0 Å². The van der Waals surface area contributed by atoms with E-state index in [0.29, 0.717) is 31.0 Å². The number of aliphatic carboxylic acids is 1. The maximum Gasteiger partial charge on any atom is 0.326 e. The van der Waals surface area contributed by atoms with E-state index in [1.807, 2.05) is 0 Å². The second-order valence-corrected chi connectivity index (χ2v) is 12.5. The number of hydrogen-bond acceptors (Lipinski definition) is 15. The molecule has 0 saturated heterocycles. The number of non-ortho nitro benzene ring substituents is 1. The summed E-state index contributed by atoms with van der Waals surface area (Å²) in [6.07, 6.45) is 1.68. The molecule has 0 radical (unpaired) electrons. The van der Waals surface area contributed by atoms with Crippen LogP contribution in [0.2, 0.25) is 0 Å². The first-order chi connectivity index (χ1) is 28.3. The zero-order chi connectivity index (χ0) is 42.7. The van der Waals surface area contributed by atoms with Crippen molar-refractivity contribution in [2.45, 2.75) is 38.3 Å². The Balaban J connectivity index is 1.01. The SMILES string of the molecule is Nc1nc2ncc(CNc3ccc(C(=O)NC(CCC(=O)NCCOCCCOCCC(=O)NCCNC(=O)c4cc([N+](=O)[O-])ccc4F)C(=O)O)cc3)nc2c(=O)[nH]1. The second-order valence-electron chi connectivity index (χ2n) is 12.5. The van der Waals surface area contributed by atoms with Gasteiger partial charge in [-0.1, -0.05) is 0 Å². The van der Waals surface area contributed by atoms with Crippen LogP contribution in [0.5, 0.6) is 0 Å². The molecule has 0 aliphatic heterocycles. The van der Waals surface area contributed by atoms with Gasteiger partial charge >= 0.3 is 5.97 Å². The van der Waals surface area contributed by atoms with Crippen molar-refractivity contribution in [3.8, 4) is 0 Å². The first-order valence-corrected chi connectivity index (χ1v) is 18.1. The number of H-pyrrole nitrogens is 1. The summed E-state index contributed by atoms with van der Waals surface area (Å²) >= 11 is 0. The molecule has 59 heavy (non-hydrogen) atoms. The summed E-state index contributed by atoms with van der Waals surface area (Å²) in [5.74, 6) is -4.55. The summed E-state index contributed by atoms with van der Waals surface area (Å²) in [7, 11) is 0. The van der Waals surface area contributed by atoms with Gasteiger partial charge in [0.2, 0.25) is 17.8 Å². The van der Waals surface area contributed by atoms with Crippen molar-refractivity contribution in [2.75, 3.05) is 57.1 Å². The number of nitro benzene ring substituents is 1. The molecule has 9 N–H and O–H groups in total. The standard InChI is InChI=1S/C36H42FN11O11/c37-26-7-6-24(48(56)57)18-25(26)33(52)41-12-11-39-29(50)10-16-58-14-1-15-59-17-13-40-28(49)9-8-27(35(54)55)45-32(51)21-2-4-22(5-3-21)42-19-23-20-43-31-30(44-23)34(53)47-36(38)46-31/h2-7,18,20,27,42H,1,8-17,19H2,(H,39,50)(H,40,49)(H,41,52)(H,45,51)(H,54,55)(H3,38,43,46,47,53). The number of halogens is 1. The minimum Gasteiger partial charge on any atom is -0.480 e. The van der Waals surface area contributed by atoms with Gasteiger partial charge in [-0.3, -0.25) is 39.1 Å². The first kappa shape index (κ1) is 44.6. The Morgan fingerprint density at radius 1 is 0.898 bits per heavy atom. The van der Waals surface area contributed by atoms with Gasteiger partial charge in [0.05, 0.1) is 42.1 Å². The molecule has 2 heterocycles. The number of carbonyl (C=O) groups excluding carboxylic acids is 4. The van der Waals surface area contributed by atoms with Crippen LogP contribution < -0.4 is 37.9 Å². The predicted octanol–water partition coefficient (Wildman–Crippen LogP) is 0.394. The van der Waals surface area contributed by atoms with Gasteiger partial charge in [-0.15, -0.1) is 0 Å². The van der Waals surface area contributed by atoms with Crippen LogP contribution in [0.1, 0.15) is 52.1 Å². The number of benzene rings is 2. The molecule has 2 aromatic heterocycles. The molecule has 314 valence electrons. The van der Waals surface area contributed by atoms with Gasteiger partial charge in [0.1, 0.15) is 11.9 Å². The Morgan fingerprint density at radius 2 is 1.59 bits per heavy atom. The van der Waals surface area contributed by atoms with Crippen molar-refractivity contribution in [2.24, 2.45) is 0 Å². The van der Waals surface area contributed by atoms with E-state index in [1.54, 1.807) is 12.1 Å². The minimum absolute atomic E-state index is 0.0297. The van der Waals surface area contributed by atoms with Gasteiger partial charge in [0, 0.05) is 69.1 Å². The van der Waals surface area contributed by atoms with Crippen molar-refractivity contribution in [1.82, 2.24) is 41.2 Å². The summed E-state index contributed by atoms with van der Waals surface area (Å²) in [4.78, 5) is 97.7. The van der Waals surface area contributed by atoms with Crippen LogP contribution >= 0.6 is 0 Å². The average molecular weight is 824 g/mol. The van der Waals surface area contributed by atoms with Crippen LogP contribution in [0.4, 0.5) is 21.7 Å². The number of nitrogen functional groups attached to an aromatic ring is 1. The van der Waals surface area contributed by atoms with Gasteiger partial charge in [-0.25, -0.2) is 19.2 Å². The number of carbonyl (C=O) groups is 5. The third-order valence-corrected chi connectivity index (χ3v) is 8.13. The molecule has 4 aromatic rings. The van der Waals surface area contributed by atoms with Crippen molar-refractivity contribution < 1.29 is 47.9 Å². The highest BCUT2D eigenvalue weighted by Crippen LogP contribution is 2.17. The highest BCUT2D eigenvalue weighted by Gasteiger charge is 2.22. The molecular weight excluding hydrogens is 781 g/mol. The minimum atomic E-state index is -1.32. The number of nitrogens with two attached hydrogens (primary N) is 1. The molecule has 1 atom stereocenters. The number of rotatable bonds is 24. The molecule has 22 nitrogen and oxygen atoms in total. The summed E-state index contributed by atoms with van der Waals surface area (Å²) in [5, 5.41) is 33.5. The van der Waals surface area contributed by atoms with E-state index < -0.39 is 57.3 Å². The van der Waals surface area contributed by atoms with Gasteiger partial charge in [-0.05, 0) is 43.2 Å². The lowest BCUT2D eigenvalue weighted by molar-refractivity contribution is -0.384. The monoisotopic (exact) mass is 823 g/mol. The van der Waals surface area contributed by atoms with Crippen LogP contribution in [0.15, 0.2) is 53.5 Å².